The summed E-state index contributed by atoms with van der Waals surface area (Å²) in [6.07, 6.45) is 1.76. The van der Waals surface area contributed by atoms with Gasteiger partial charge in [-0.15, -0.1) is 0 Å². The molecular formula is C15H18FNO4. The Labute approximate surface area is 122 Å². The molecule has 1 aromatic rings. The van der Waals surface area contributed by atoms with Crippen molar-refractivity contribution in [3.8, 4) is 5.75 Å². The van der Waals surface area contributed by atoms with Crippen molar-refractivity contribution >= 4 is 11.9 Å². The summed E-state index contributed by atoms with van der Waals surface area (Å²) in [5.74, 6) is -1.46. The van der Waals surface area contributed by atoms with Gasteiger partial charge in [0.1, 0.15) is 6.04 Å². The molecule has 1 N–H and O–H groups in total. The summed E-state index contributed by atoms with van der Waals surface area (Å²) in [5.41, 5.74) is 0.688. The zero-order valence-electron chi connectivity index (χ0n) is 11.8. The molecule has 0 aliphatic carbocycles. The van der Waals surface area contributed by atoms with Crippen LogP contribution in [0, 0.1) is 5.82 Å². The second-order valence-electron chi connectivity index (χ2n) is 5.05. The third-order valence-corrected chi connectivity index (χ3v) is 3.70. The number of ether oxygens (including phenoxy) is 1. The summed E-state index contributed by atoms with van der Waals surface area (Å²) in [4.78, 5) is 24.5. The van der Waals surface area contributed by atoms with Crippen molar-refractivity contribution in [2.75, 3.05) is 13.7 Å². The van der Waals surface area contributed by atoms with Crippen molar-refractivity contribution in [1.82, 2.24) is 4.90 Å². The Morgan fingerprint density at radius 3 is 2.86 bits per heavy atom. The standard InChI is InChI=1S/C15H18FNO4/c1-21-13-6-4-10(9-11(13)16)5-7-14(18)17-8-2-3-12(17)15(19)20/h4,6,9,12H,2-3,5,7-8H2,1H3,(H,19,20)/t12-/m1/s1. The van der Waals surface area contributed by atoms with E-state index < -0.39 is 17.8 Å². The lowest BCUT2D eigenvalue weighted by Crippen LogP contribution is -2.40. The van der Waals surface area contributed by atoms with Crippen LogP contribution in [0.5, 0.6) is 5.75 Å². The van der Waals surface area contributed by atoms with E-state index >= 15 is 0 Å². The number of carboxylic acids is 1. The highest BCUT2D eigenvalue weighted by Gasteiger charge is 2.33. The fourth-order valence-corrected chi connectivity index (χ4v) is 2.58. The summed E-state index contributed by atoms with van der Waals surface area (Å²) >= 11 is 0. The van der Waals surface area contributed by atoms with E-state index in [0.717, 1.165) is 0 Å². The van der Waals surface area contributed by atoms with Gasteiger partial charge in [0.25, 0.3) is 0 Å². The number of halogens is 1. The van der Waals surface area contributed by atoms with Crippen LogP contribution in [-0.4, -0.2) is 41.6 Å². The highest BCUT2D eigenvalue weighted by atomic mass is 19.1. The second-order valence-corrected chi connectivity index (χ2v) is 5.05. The summed E-state index contributed by atoms with van der Waals surface area (Å²) in [5, 5.41) is 9.05. The second kappa shape index (κ2) is 6.56. The van der Waals surface area contributed by atoms with E-state index in [2.05, 4.69) is 0 Å². The molecule has 0 spiro atoms. The van der Waals surface area contributed by atoms with Gasteiger partial charge in [-0.3, -0.25) is 4.79 Å². The average molecular weight is 295 g/mol. The van der Waals surface area contributed by atoms with Crippen LogP contribution in [0.15, 0.2) is 18.2 Å². The first kappa shape index (κ1) is 15.3. The molecule has 1 fully saturated rings. The van der Waals surface area contributed by atoms with Crippen LogP contribution >= 0.6 is 0 Å². The molecule has 1 heterocycles. The number of benzene rings is 1. The van der Waals surface area contributed by atoms with Crippen molar-refractivity contribution in [1.29, 1.82) is 0 Å². The van der Waals surface area contributed by atoms with Crippen LogP contribution < -0.4 is 4.74 Å². The zero-order valence-corrected chi connectivity index (χ0v) is 11.8. The quantitative estimate of drug-likeness (QED) is 0.900. The van der Waals surface area contributed by atoms with Crippen molar-refractivity contribution in [2.24, 2.45) is 0 Å². The molecule has 1 amide bonds. The molecule has 0 bridgehead atoms. The minimum atomic E-state index is -0.962. The lowest BCUT2D eigenvalue weighted by Gasteiger charge is -2.21. The lowest BCUT2D eigenvalue weighted by molar-refractivity contribution is -0.148. The van der Waals surface area contributed by atoms with Gasteiger partial charge < -0.3 is 14.7 Å². The number of carboxylic acid groups (broad SMARTS) is 1. The number of carbonyl (C=O) groups excluding carboxylic acids is 1. The molecule has 2 rings (SSSR count). The lowest BCUT2D eigenvalue weighted by atomic mass is 10.1. The molecule has 21 heavy (non-hydrogen) atoms. The van der Waals surface area contributed by atoms with Gasteiger partial charge in [0.15, 0.2) is 11.6 Å². The Hall–Kier alpha value is -2.11. The predicted octanol–water partition coefficient (Wildman–Crippen LogP) is 1.84. The van der Waals surface area contributed by atoms with Crippen LogP contribution in [0.3, 0.4) is 0 Å². The number of amides is 1. The van der Waals surface area contributed by atoms with E-state index in [1.165, 1.54) is 24.1 Å². The van der Waals surface area contributed by atoms with Gasteiger partial charge in [0.2, 0.25) is 5.91 Å². The number of carbonyl (C=O) groups is 2. The SMILES string of the molecule is COc1ccc(CCC(=O)N2CCC[C@@H]2C(=O)O)cc1F. The molecule has 5 nitrogen and oxygen atoms in total. The van der Waals surface area contributed by atoms with Gasteiger partial charge in [-0.2, -0.15) is 0 Å². The molecule has 0 saturated carbocycles. The molecule has 1 aromatic carbocycles. The molecule has 0 aromatic heterocycles. The zero-order chi connectivity index (χ0) is 15.4. The van der Waals surface area contributed by atoms with Crippen molar-refractivity contribution < 1.29 is 23.8 Å². The van der Waals surface area contributed by atoms with Crippen molar-refractivity contribution in [3.05, 3.63) is 29.6 Å². The first-order valence-electron chi connectivity index (χ1n) is 6.87. The normalized spacial score (nSPS) is 17.8. The van der Waals surface area contributed by atoms with Crippen LogP contribution in [0.1, 0.15) is 24.8 Å². The summed E-state index contributed by atoms with van der Waals surface area (Å²) in [6.45, 7) is 0.479. The third-order valence-electron chi connectivity index (χ3n) is 3.70. The number of rotatable bonds is 5. The highest BCUT2D eigenvalue weighted by molar-refractivity contribution is 5.84. The molecule has 1 aliphatic rings. The fourth-order valence-electron chi connectivity index (χ4n) is 2.58. The van der Waals surface area contributed by atoms with E-state index in [-0.39, 0.29) is 18.1 Å². The van der Waals surface area contributed by atoms with E-state index in [1.54, 1.807) is 6.07 Å². The van der Waals surface area contributed by atoms with Crippen LogP contribution in [0.4, 0.5) is 4.39 Å². The number of hydrogen-bond acceptors (Lipinski definition) is 3. The maximum absolute atomic E-state index is 13.5. The summed E-state index contributed by atoms with van der Waals surface area (Å²) < 4.78 is 18.4. The van der Waals surface area contributed by atoms with Crippen LogP contribution in [-0.2, 0) is 16.0 Å². The van der Waals surface area contributed by atoms with Gasteiger partial charge in [0, 0.05) is 13.0 Å². The van der Waals surface area contributed by atoms with E-state index in [0.29, 0.717) is 31.4 Å². The van der Waals surface area contributed by atoms with Crippen molar-refractivity contribution in [3.63, 3.8) is 0 Å². The molecule has 114 valence electrons. The molecule has 6 heteroatoms. The molecule has 1 aliphatic heterocycles. The predicted molar refractivity (Wildman–Crippen MR) is 73.6 cm³/mol. The van der Waals surface area contributed by atoms with Crippen LogP contribution in [0.25, 0.3) is 0 Å². The van der Waals surface area contributed by atoms with Crippen molar-refractivity contribution in [2.45, 2.75) is 31.7 Å². The number of aryl methyl sites for hydroxylation is 1. The maximum Gasteiger partial charge on any atom is 0.326 e. The number of aliphatic carboxylic acids is 1. The van der Waals surface area contributed by atoms with E-state index in [1.807, 2.05) is 0 Å². The van der Waals surface area contributed by atoms with Crippen LogP contribution in [0.2, 0.25) is 0 Å². The minimum Gasteiger partial charge on any atom is -0.494 e. The summed E-state index contributed by atoms with van der Waals surface area (Å²) in [7, 11) is 1.39. The average Bonchev–Trinajstić information content (AvgIpc) is 2.94. The largest absolute Gasteiger partial charge is 0.494 e. The third kappa shape index (κ3) is 3.51. The number of methoxy groups -OCH3 is 1. The smallest absolute Gasteiger partial charge is 0.326 e. The maximum atomic E-state index is 13.5. The Morgan fingerprint density at radius 1 is 1.48 bits per heavy atom. The van der Waals surface area contributed by atoms with E-state index in [9.17, 15) is 14.0 Å². The molecule has 0 unspecified atom stereocenters. The fraction of sp³-hybridized carbons (Fsp3) is 0.467. The monoisotopic (exact) mass is 295 g/mol. The first-order chi connectivity index (χ1) is 10.0. The van der Waals surface area contributed by atoms with Gasteiger partial charge >= 0.3 is 5.97 Å². The van der Waals surface area contributed by atoms with Gasteiger partial charge in [-0.1, -0.05) is 6.07 Å². The van der Waals surface area contributed by atoms with Gasteiger partial charge in [0.05, 0.1) is 7.11 Å². The molecular weight excluding hydrogens is 277 g/mol. The first-order valence-corrected chi connectivity index (χ1v) is 6.87. The number of nitrogens with zero attached hydrogens (tertiary/aromatic N) is 1. The Bertz CT molecular complexity index is 546. The Morgan fingerprint density at radius 2 is 2.24 bits per heavy atom. The van der Waals surface area contributed by atoms with Gasteiger partial charge in [-0.25, -0.2) is 9.18 Å². The van der Waals surface area contributed by atoms with Gasteiger partial charge in [-0.05, 0) is 37.0 Å². The Kier molecular flexibility index (Phi) is 4.77. The Balaban J connectivity index is 1.95. The van der Waals surface area contributed by atoms with E-state index in [4.69, 9.17) is 9.84 Å². The number of likely N-dealkylation sites (tertiary alicyclic amines) is 1. The molecule has 1 atom stereocenters. The molecule has 1 saturated heterocycles. The summed E-state index contributed by atoms with van der Waals surface area (Å²) in [6, 6.07) is 3.84. The topological polar surface area (TPSA) is 66.8 Å². The minimum absolute atomic E-state index is 0.163. The highest BCUT2D eigenvalue weighted by Crippen LogP contribution is 2.21. The number of hydrogen-bond donors (Lipinski definition) is 1. The molecule has 0 radical (unpaired) electrons.